The van der Waals surface area contributed by atoms with Crippen molar-refractivity contribution in [1.29, 1.82) is 0 Å². The number of nitrogen functional groups attached to an aromatic ring is 1. The van der Waals surface area contributed by atoms with E-state index in [9.17, 15) is 0 Å². The number of nitrogens with two attached hydrogens (primary N) is 1. The fraction of sp³-hybridized carbons (Fsp3) is 0.500. The van der Waals surface area contributed by atoms with Gasteiger partial charge in [0.1, 0.15) is 0 Å². The normalized spacial score (nSPS) is 10.1. The Labute approximate surface area is 86.5 Å². The van der Waals surface area contributed by atoms with Crippen LogP contribution in [0.2, 0.25) is 0 Å². The molecule has 0 unspecified atom stereocenters. The van der Waals surface area contributed by atoms with Crippen LogP contribution >= 0.6 is 0 Å². The van der Waals surface area contributed by atoms with Crippen molar-refractivity contribution in [2.24, 2.45) is 5.84 Å². The van der Waals surface area contributed by atoms with Crippen LogP contribution in [0.25, 0.3) is 0 Å². The second-order valence-corrected chi connectivity index (χ2v) is 3.65. The van der Waals surface area contributed by atoms with Gasteiger partial charge in [0.25, 0.3) is 0 Å². The Morgan fingerprint density at radius 3 is 2.36 bits per heavy atom. The van der Waals surface area contributed by atoms with Crippen molar-refractivity contribution in [3.05, 3.63) is 29.8 Å². The Bertz CT molecular complexity index is 241. The summed E-state index contributed by atoms with van der Waals surface area (Å²) in [4.78, 5) is 0. The zero-order chi connectivity index (χ0) is 10.2. The molecule has 0 aliphatic heterocycles. The summed E-state index contributed by atoms with van der Waals surface area (Å²) in [5, 5.41) is 0. The molecule has 0 aliphatic carbocycles. The SMILES string of the molecule is CCCCCCc1ccc(NN)cc1. The summed E-state index contributed by atoms with van der Waals surface area (Å²) in [7, 11) is 0. The molecule has 0 bridgehead atoms. The van der Waals surface area contributed by atoms with E-state index in [1.807, 2.05) is 12.1 Å². The predicted octanol–water partition coefficient (Wildman–Crippen LogP) is 3.10. The first kappa shape index (κ1) is 11.1. The molecule has 0 saturated carbocycles. The second-order valence-electron chi connectivity index (χ2n) is 3.65. The first-order valence-corrected chi connectivity index (χ1v) is 5.42. The quantitative estimate of drug-likeness (QED) is 0.413. The Morgan fingerprint density at radius 2 is 1.79 bits per heavy atom. The maximum atomic E-state index is 5.29. The van der Waals surface area contributed by atoms with Gasteiger partial charge in [-0.05, 0) is 30.5 Å². The van der Waals surface area contributed by atoms with Gasteiger partial charge in [0.05, 0.1) is 0 Å². The number of benzene rings is 1. The lowest BCUT2D eigenvalue weighted by Crippen LogP contribution is -2.06. The number of aryl methyl sites for hydroxylation is 1. The Balaban J connectivity index is 2.29. The van der Waals surface area contributed by atoms with E-state index in [4.69, 9.17) is 5.84 Å². The Kier molecular flexibility index (Phi) is 5.08. The van der Waals surface area contributed by atoms with E-state index in [1.165, 1.54) is 37.7 Å². The highest BCUT2D eigenvalue weighted by molar-refractivity contribution is 5.43. The van der Waals surface area contributed by atoms with Crippen LogP contribution in [-0.2, 0) is 6.42 Å². The molecule has 2 nitrogen and oxygen atoms in total. The molecule has 78 valence electrons. The average molecular weight is 192 g/mol. The highest BCUT2D eigenvalue weighted by Crippen LogP contribution is 2.11. The number of unbranched alkanes of at least 4 members (excludes halogenated alkanes) is 3. The number of hydrogen-bond donors (Lipinski definition) is 2. The molecular formula is C12H20N2. The van der Waals surface area contributed by atoms with E-state index < -0.39 is 0 Å². The molecular weight excluding hydrogens is 172 g/mol. The van der Waals surface area contributed by atoms with E-state index in [-0.39, 0.29) is 0 Å². The summed E-state index contributed by atoms with van der Waals surface area (Å²) in [6, 6.07) is 8.33. The third-order valence-corrected chi connectivity index (χ3v) is 2.44. The van der Waals surface area contributed by atoms with Gasteiger partial charge in [-0.25, -0.2) is 0 Å². The second kappa shape index (κ2) is 6.44. The Morgan fingerprint density at radius 1 is 1.07 bits per heavy atom. The molecule has 0 heterocycles. The maximum absolute atomic E-state index is 5.29. The minimum atomic E-state index is 0.974. The number of rotatable bonds is 6. The van der Waals surface area contributed by atoms with Crippen LogP contribution in [0.15, 0.2) is 24.3 Å². The van der Waals surface area contributed by atoms with Crippen molar-refractivity contribution < 1.29 is 0 Å². The van der Waals surface area contributed by atoms with E-state index >= 15 is 0 Å². The van der Waals surface area contributed by atoms with Crippen LogP contribution in [0.4, 0.5) is 5.69 Å². The van der Waals surface area contributed by atoms with Gasteiger partial charge in [-0.15, -0.1) is 0 Å². The molecule has 14 heavy (non-hydrogen) atoms. The van der Waals surface area contributed by atoms with Gasteiger partial charge in [0, 0.05) is 5.69 Å². The predicted molar refractivity (Wildman–Crippen MR) is 62.1 cm³/mol. The van der Waals surface area contributed by atoms with Gasteiger partial charge >= 0.3 is 0 Å². The van der Waals surface area contributed by atoms with Crippen LogP contribution in [0.5, 0.6) is 0 Å². The van der Waals surface area contributed by atoms with Crippen molar-refractivity contribution in [1.82, 2.24) is 0 Å². The van der Waals surface area contributed by atoms with Crippen molar-refractivity contribution in [2.45, 2.75) is 39.0 Å². The summed E-state index contributed by atoms with van der Waals surface area (Å²) < 4.78 is 0. The minimum absolute atomic E-state index is 0.974. The molecule has 1 aromatic rings. The van der Waals surface area contributed by atoms with E-state index in [2.05, 4.69) is 24.5 Å². The largest absolute Gasteiger partial charge is 0.324 e. The van der Waals surface area contributed by atoms with Crippen LogP contribution in [-0.4, -0.2) is 0 Å². The van der Waals surface area contributed by atoms with Crippen LogP contribution < -0.4 is 11.3 Å². The molecule has 3 N–H and O–H groups in total. The molecule has 0 radical (unpaired) electrons. The zero-order valence-corrected chi connectivity index (χ0v) is 8.92. The van der Waals surface area contributed by atoms with Crippen molar-refractivity contribution in [3.63, 3.8) is 0 Å². The molecule has 0 spiro atoms. The monoisotopic (exact) mass is 192 g/mol. The summed E-state index contributed by atoms with van der Waals surface area (Å²) >= 11 is 0. The smallest absolute Gasteiger partial charge is 0.0485 e. The topological polar surface area (TPSA) is 38.0 Å². The summed E-state index contributed by atoms with van der Waals surface area (Å²) in [6.45, 7) is 2.24. The lowest BCUT2D eigenvalue weighted by Gasteiger charge is -2.03. The van der Waals surface area contributed by atoms with Crippen molar-refractivity contribution in [2.75, 3.05) is 5.43 Å². The molecule has 0 aromatic heterocycles. The van der Waals surface area contributed by atoms with Crippen LogP contribution in [0.1, 0.15) is 38.2 Å². The summed E-state index contributed by atoms with van der Waals surface area (Å²) in [5.74, 6) is 5.29. The molecule has 1 aromatic carbocycles. The van der Waals surface area contributed by atoms with Gasteiger partial charge < -0.3 is 5.43 Å². The Hall–Kier alpha value is -1.02. The third kappa shape index (κ3) is 3.79. The molecule has 0 amide bonds. The summed E-state index contributed by atoms with van der Waals surface area (Å²) in [5.41, 5.74) is 5.01. The molecule has 0 aliphatic rings. The standard InChI is InChI=1S/C12H20N2/c1-2-3-4-5-6-11-7-9-12(14-13)10-8-11/h7-10,14H,2-6,13H2,1H3. The first-order chi connectivity index (χ1) is 6.86. The fourth-order valence-corrected chi connectivity index (χ4v) is 1.52. The van der Waals surface area contributed by atoms with Crippen LogP contribution in [0.3, 0.4) is 0 Å². The number of anilines is 1. The van der Waals surface area contributed by atoms with Gasteiger partial charge in [-0.1, -0.05) is 38.3 Å². The molecule has 0 saturated heterocycles. The van der Waals surface area contributed by atoms with Gasteiger partial charge in [-0.3, -0.25) is 5.84 Å². The number of hydrazine groups is 1. The molecule has 1 rings (SSSR count). The molecule has 0 fully saturated rings. The lowest BCUT2D eigenvalue weighted by molar-refractivity contribution is 0.667. The first-order valence-electron chi connectivity index (χ1n) is 5.42. The van der Waals surface area contributed by atoms with E-state index in [1.54, 1.807) is 0 Å². The number of hydrogen-bond acceptors (Lipinski definition) is 2. The fourth-order valence-electron chi connectivity index (χ4n) is 1.52. The molecule has 2 heteroatoms. The summed E-state index contributed by atoms with van der Waals surface area (Å²) in [6.07, 6.45) is 6.47. The van der Waals surface area contributed by atoms with Crippen molar-refractivity contribution >= 4 is 5.69 Å². The number of nitrogens with one attached hydrogen (secondary N) is 1. The van der Waals surface area contributed by atoms with E-state index in [0.29, 0.717) is 0 Å². The maximum Gasteiger partial charge on any atom is 0.0485 e. The third-order valence-electron chi connectivity index (χ3n) is 2.44. The van der Waals surface area contributed by atoms with Crippen molar-refractivity contribution in [3.8, 4) is 0 Å². The minimum Gasteiger partial charge on any atom is -0.324 e. The molecule has 0 atom stereocenters. The lowest BCUT2D eigenvalue weighted by atomic mass is 10.1. The van der Waals surface area contributed by atoms with E-state index in [0.717, 1.165) is 5.69 Å². The van der Waals surface area contributed by atoms with Gasteiger partial charge in [0.15, 0.2) is 0 Å². The van der Waals surface area contributed by atoms with Gasteiger partial charge in [-0.2, -0.15) is 0 Å². The average Bonchev–Trinajstić information content (AvgIpc) is 2.25. The van der Waals surface area contributed by atoms with Gasteiger partial charge in [0.2, 0.25) is 0 Å². The van der Waals surface area contributed by atoms with Crippen LogP contribution in [0, 0.1) is 0 Å². The highest BCUT2D eigenvalue weighted by Gasteiger charge is 1.93. The zero-order valence-electron chi connectivity index (χ0n) is 8.92. The highest BCUT2D eigenvalue weighted by atomic mass is 15.2.